The lowest BCUT2D eigenvalue weighted by atomic mass is 10.4. The molecular formula is C10H13BrN2O3. The molecule has 0 spiro atoms. The average molecular weight is 289 g/mol. The van der Waals surface area contributed by atoms with Crippen LogP contribution in [0.3, 0.4) is 0 Å². The van der Waals surface area contributed by atoms with Gasteiger partial charge in [-0.25, -0.2) is 0 Å². The van der Waals surface area contributed by atoms with Gasteiger partial charge < -0.3 is 15.0 Å². The molecule has 0 aromatic carbocycles. The van der Waals surface area contributed by atoms with E-state index in [1.165, 1.54) is 17.0 Å². The first kappa shape index (κ1) is 12.8. The molecule has 1 aromatic heterocycles. The molecule has 0 aliphatic carbocycles. The number of rotatable bonds is 3. The summed E-state index contributed by atoms with van der Waals surface area (Å²) in [6.45, 7) is 3.57. The Labute approximate surface area is 101 Å². The minimum atomic E-state index is -0.370. The summed E-state index contributed by atoms with van der Waals surface area (Å²) in [5.41, 5.74) is 5.29. The van der Waals surface area contributed by atoms with Crippen molar-refractivity contribution in [1.29, 1.82) is 0 Å². The molecule has 0 aliphatic rings. The largest absolute Gasteiger partial charge is 0.462 e. The fourth-order valence-corrected chi connectivity index (χ4v) is 1.65. The van der Waals surface area contributed by atoms with E-state index < -0.39 is 0 Å². The van der Waals surface area contributed by atoms with Crippen LogP contribution in [-0.4, -0.2) is 16.6 Å². The Bertz CT molecular complexity index is 428. The highest BCUT2D eigenvalue weighted by molar-refractivity contribution is 9.10. The zero-order chi connectivity index (χ0) is 12.3. The number of hydrogen-bond acceptors (Lipinski definition) is 4. The van der Waals surface area contributed by atoms with Gasteiger partial charge in [0.05, 0.1) is 16.3 Å². The quantitative estimate of drug-likeness (QED) is 0.847. The third kappa shape index (κ3) is 3.37. The van der Waals surface area contributed by atoms with E-state index >= 15 is 0 Å². The minimum Gasteiger partial charge on any atom is -0.462 e. The molecule has 0 fully saturated rings. The van der Waals surface area contributed by atoms with Gasteiger partial charge in [-0.05, 0) is 29.8 Å². The number of halogens is 1. The summed E-state index contributed by atoms with van der Waals surface area (Å²) in [7, 11) is 0. The molecule has 0 unspecified atom stereocenters. The Kier molecular flexibility index (Phi) is 4.12. The molecule has 0 bridgehead atoms. The van der Waals surface area contributed by atoms with Crippen LogP contribution in [0.4, 0.5) is 5.69 Å². The van der Waals surface area contributed by atoms with E-state index in [9.17, 15) is 9.59 Å². The van der Waals surface area contributed by atoms with Gasteiger partial charge in [-0.15, -0.1) is 0 Å². The van der Waals surface area contributed by atoms with Gasteiger partial charge in [0.15, 0.2) is 0 Å². The SMILES string of the molecule is CC(C)OC(=O)Cn1cc(N)c(=O)c(Br)c1. The Balaban J connectivity index is 2.83. The first-order chi connectivity index (χ1) is 7.40. The van der Waals surface area contributed by atoms with Gasteiger partial charge in [-0.3, -0.25) is 9.59 Å². The van der Waals surface area contributed by atoms with Gasteiger partial charge in [0.25, 0.3) is 0 Å². The number of nitrogens with two attached hydrogens (primary N) is 1. The second-order valence-electron chi connectivity index (χ2n) is 3.60. The highest BCUT2D eigenvalue weighted by Crippen LogP contribution is 2.06. The lowest BCUT2D eigenvalue weighted by molar-refractivity contribution is -0.148. The van der Waals surface area contributed by atoms with Crippen molar-refractivity contribution in [3.63, 3.8) is 0 Å². The predicted octanol–water partition coefficient (Wildman–Crippen LogP) is 1.14. The lowest BCUT2D eigenvalue weighted by Gasteiger charge is -2.10. The first-order valence-corrected chi connectivity index (χ1v) is 5.54. The smallest absolute Gasteiger partial charge is 0.326 e. The number of anilines is 1. The number of hydrogen-bond donors (Lipinski definition) is 1. The topological polar surface area (TPSA) is 74.3 Å². The van der Waals surface area contributed by atoms with Crippen LogP contribution in [-0.2, 0) is 16.1 Å². The first-order valence-electron chi connectivity index (χ1n) is 4.74. The summed E-state index contributed by atoms with van der Waals surface area (Å²) in [4.78, 5) is 22.6. The fraction of sp³-hybridized carbons (Fsp3) is 0.400. The van der Waals surface area contributed by atoms with Crippen LogP contribution in [0.5, 0.6) is 0 Å². The van der Waals surface area contributed by atoms with Crippen LogP contribution in [0.15, 0.2) is 21.7 Å². The maximum absolute atomic E-state index is 11.4. The number of aromatic nitrogens is 1. The van der Waals surface area contributed by atoms with Gasteiger partial charge in [0.2, 0.25) is 5.43 Å². The second-order valence-corrected chi connectivity index (χ2v) is 4.46. The highest BCUT2D eigenvalue weighted by Gasteiger charge is 2.08. The van der Waals surface area contributed by atoms with Gasteiger partial charge in [-0.1, -0.05) is 0 Å². The second kappa shape index (κ2) is 5.16. The molecule has 5 nitrogen and oxygen atoms in total. The number of carbonyl (C=O) groups is 1. The maximum atomic E-state index is 11.4. The Hall–Kier alpha value is -1.30. The summed E-state index contributed by atoms with van der Waals surface area (Å²) in [6.07, 6.45) is 2.75. The minimum absolute atomic E-state index is 0.0290. The standard InChI is InChI=1S/C10H13BrN2O3/c1-6(2)16-9(14)5-13-3-7(11)10(15)8(12)4-13/h3-4,6H,5,12H2,1-2H3. The van der Waals surface area contributed by atoms with E-state index in [0.29, 0.717) is 4.47 Å². The molecule has 0 radical (unpaired) electrons. The van der Waals surface area contributed by atoms with Crippen LogP contribution in [0.1, 0.15) is 13.8 Å². The number of ether oxygens (including phenoxy) is 1. The van der Waals surface area contributed by atoms with Gasteiger partial charge >= 0.3 is 5.97 Å². The summed E-state index contributed by atoms with van der Waals surface area (Å²) in [6, 6.07) is 0. The Morgan fingerprint density at radius 3 is 2.69 bits per heavy atom. The Morgan fingerprint density at radius 1 is 1.56 bits per heavy atom. The van der Waals surface area contributed by atoms with E-state index in [-0.39, 0.29) is 29.7 Å². The molecule has 1 heterocycles. The molecule has 6 heteroatoms. The number of nitrogens with zero attached hydrogens (tertiary/aromatic N) is 1. The monoisotopic (exact) mass is 288 g/mol. The van der Waals surface area contributed by atoms with Crippen LogP contribution >= 0.6 is 15.9 Å². The Morgan fingerprint density at radius 2 is 2.19 bits per heavy atom. The van der Waals surface area contributed by atoms with E-state index in [1.54, 1.807) is 13.8 Å². The third-order valence-corrected chi connectivity index (χ3v) is 2.31. The molecule has 0 saturated heterocycles. The van der Waals surface area contributed by atoms with Crippen molar-refractivity contribution in [2.24, 2.45) is 0 Å². The average Bonchev–Trinajstić information content (AvgIpc) is 2.12. The molecule has 1 rings (SSSR count). The molecule has 88 valence electrons. The molecule has 2 N–H and O–H groups in total. The highest BCUT2D eigenvalue weighted by atomic mass is 79.9. The van der Waals surface area contributed by atoms with Crippen molar-refractivity contribution >= 4 is 27.6 Å². The molecule has 1 aromatic rings. The number of esters is 1. The van der Waals surface area contributed by atoms with Crippen molar-refractivity contribution in [3.8, 4) is 0 Å². The molecule has 16 heavy (non-hydrogen) atoms. The molecular weight excluding hydrogens is 276 g/mol. The van der Waals surface area contributed by atoms with Crippen molar-refractivity contribution in [1.82, 2.24) is 4.57 Å². The predicted molar refractivity (Wildman–Crippen MR) is 64.0 cm³/mol. The van der Waals surface area contributed by atoms with Crippen LogP contribution < -0.4 is 11.2 Å². The summed E-state index contributed by atoms with van der Waals surface area (Å²) >= 11 is 3.07. The van der Waals surface area contributed by atoms with Crippen LogP contribution in [0.2, 0.25) is 0 Å². The zero-order valence-electron chi connectivity index (χ0n) is 9.07. The normalized spacial score (nSPS) is 10.5. The molecule has 0 atom stereocenters. The third-order valence-electron chi connectivity index (χ3n) is 1.74. The van der Waals surface area contributed by atoms with Crippen molar-refractivity contribution in [2.75, 3.05) is 5.73 Å². The van der Waals surface area contributed by atoms with Crippen LogP contribution in [0, 0.1) is 0 Å². The molecule has 0 aliphatic heterocycles. The maximum Gasteiger partial charge on any atom is 0.326 e. The zero-order valence-corrected chi connectivity index (χ0v) is 10.7. The number of nitrogen functional groups attached to an aromatic ring is 1. The summed E-state index contributed by atoms with van der Waals surface area (Å²) < 4.78 is 6.80. The lowest BCUT2D eigenvalue weighted by Crippen LogP contribution is -2.20. The van der Waals surface area contributed by atoms with Gasteiger partial charge in [0.1, 0.15) is 6.54 Å². The van der Waals surface area contributed by atoms with Gasteiger partial charge in [0, 0.05) is 12.4 Å². The molecule has 0 amide bonds. The van der Waals surface area contributed by atoms with E-state index in [2.05, 4.69) is 15.9 Å². The number of carbonyl (C=O) groups excluding carboxylic acids is 1. The van der Waals surface area contributed by atoms with E-state index in [0.717, 1.165) is 0 Å². The fourth-order valence-electron chi connectivity index (χ4n) is 1.16. The summed E-state index contributed by atoms with van der Waals surface area (Å²) in [5, 5.41) is 0. The summed E-state index contributed by atoms with van der Waals surface area (Å²) in [5.74, 6) is -0.370. The van der Waals surface area contributed by atoms with Crippen LogP contribution in [0.25, 0.3) is 0 Å². The molecule has 0 saturated carbocycles. The van der Waals surface area contributed by atoms with E-state index in [1.807, 2.05) is 0 Å². The van der Waals surface area contributed by atoms with Gasteiger partial charge in [-0.2, -0.15) is 0 Å². The number of pyridine rings is 1. The van der Waals surface area contributed by atoms with Crippen molar-refractivity contribution in [2.45, 2.75) is 26.5 Å². The van der Waals surface area contributed by atoms with Crippen molar-refractivity contribution in [3.05, 3.63) is 27.1 Å². The van der Waals surface area contributed by atoms with Crippen molar-refractivity contribution < 1.29 is 9.53 Å². The van der Waals surface area contributed by atoms with E-state index in [4.69, 9.17) is 10.5 Å².